The van der Waals surface area contributed by atoms with Crippen molar-refractivity contribution in [2.45, 2.75) is 13.2 Å². The van der Waals surface area contributed by atoms with E-state index in [0.29, 0.717) is 18.7 Å². The van der Waals surface area contributed by atoms with E-state index in [-0.39, 0.29) is 0 Å². The van der Waals surface area contributed by atoms with Gasteiger partial charge in [-0.25, -0.2) is 4.98 Å². The fraction of sp³-hybridized carbons (Fsp3) is 0.111. The Labute approximate surface area is 143 Å². The maximum Gasteiger partial charge on any atom is 0.130 e. The van der Waals surface area contributed by atoms with Crippen LogP contribution in [0.4, 0.5) is 0 Å². The van der Waals surface area contributed by atoms with E-state index in [1.165, 1.54) is 0 Å². The van der Waals surface area contributed by atoms with Gasteiger partial charge in [0.1, 0.15) is 12.4 Å². The van der Waals surface area contributed by atoms with Crippen LogP contribution in [0, 0.1) is 11.3 Å². The van der Waals surface area contributed by atoms with Crippen LogP contribution in [-0.4, -0.2) is 9.55 Å². The molecular formula is C18H14BrN3O. The standard InChI is InChI=1S/C18H14BrN3O/c19-16-5-7-18(8-6-16)23-12-17-10-21-13-22(17)11-15-3-1-14(9-20)2-4-15/h1-8,10,13H,11-12H2. The molecule has 23 heavy (non-hydrogen) atoms. The van der Waals surface area contributed by atoms with E-state index in [1.54, 1.807) is 6.33 Å². The average molecular weight is 368 g/mol. The van der Waals surface area contributed by atoms with Crippen molar-refractivity contribution in [1.82, 2.24) is 9.55 Å². The summed E-state index contributed by atoms with van der Waals surface area (Å²) in [5.74, 6) is 0.819. The molecule has 0 unspecified atom stereocenters. The summed E-state index contributed by atoms with van der Waals surface area (Å²) < 4.78 is 8.86. The molecule has 3 aromatic rings. The molecule has 2 aromatic carbocycles. The average Bonchev–Trinajstić information content (AvgIpc) is 3.02. The molecule has 0 amide bonds. The van der Waals surface area contributed by atoms with E-state index in [0.717, 1.165) is 21.5 Å². The first-order chi connectivity index (χ1) is 11.2. The van der Waals surface area contributed by atoms with Gasteiger partial charge in [-0.3, -0.25) is 0 Å². The first-order valence-corrected chi connectivity index (χ1v) is 7.90. The highest BCUT2D eigenvalue weighted by Crippen LogP contribution is 2.17. The van der Waals surface area contributed by atoms with Gasteiger partial charge in [0, 0.05) is 11.0 Å². The van der Waals surface area contributed by atoms with Crippen LogP contribution in [0.2, 0.25) is 0 Å². The van der Waals surface area contributed by atoms with Crippen LogP contribution in [0.1, 0.15) is 16.8 Å². The molecule has 0 bridgehead atoms. The predicted octanol–water partition coefficient (Wildman–Crippen LogP) is 4.14. The van der Waals surface area contributed by atoms with Crippen LogP contribution in [-0.2, 0) is 13.2 Å². The van der Waals surface area contributed by atoms with Crippen molar-refractivity contribution in [3.8, 4) is 11.8 Å². The zero-order valence-electron chi connectivity index (χ0n) is 12.3. The minimum Gasteiger partial charge on any atom is -0.487 e. The van der Waals surface area contributed by atoms with Gasteiger partial charge >= 0.3 is 0 Å². The van der Waals surface area contributed by atoms with Gasteiger partial charge < -0.3 is 9.30 Å². The highest BCUT2D eigenvalue weighted by Gasteiger charge is 2.05. The summed E-state index contributed by atoms with van der Waals surface area (Å²) in [6.07, 6.45) is 3.60. The third kappa shape index (κ3) is 3.99. The number of imidazole rings is 1. The third-order valence-corrected chi connectivity index (χ3v) is 3.96. The van der Waals surface area contributed by atoms with Gasteiger partial charge in [-0.2, -0.15) is 5.26 Å². The zero-order valence-corrected chi connectivity index (χ0v) is 13.9. The lowest BCUT2D eigenvalue weighted by atomic mass is 10.1. The Morgan fingerprint density at radius 1 is 1.09 bits per heavy atom. The highest BCUT2D eigenvalue weighted by molar-refractivity contribution is 9.10. The van der Waals surface area contributed by atoms with Crippen LogP contribution >= 0.6 is 15.9 Å². The molecule has 114 valence electrons. The van der Waals surface area contributed by atoms with Crippen molar-refractivity contribution < 1.29 is 4.74 Å². The normalized spacial score (nSPS) is 10.3. The van der Waals surface area contributed by atoms with Gasteiger partial charge in [0.25, 0.3) is 0 Å². The van der Waals surface area contributed by atoms with Crippen molar-refractivity contribution in [3.05, 3.63) is 82.3 Å². The second-order valence-corrected chi connectivity index (χ2v) is 5.98. The topological polar surface area (TPSA) is 50.8 Å². The minimum atomic E-state index is 0.456. The number of hydrogen-bond acceptors (Lipinski definition) is 3. The number of halogens is 1. The van der Waals surface area contributed by atoms with Crippen molar-refractivity contribution in [1.29, 1.82) is 5.26 Å². The second-order valence-electron chi connectivity index (χ2n) is 5.06. The lowest BCUT2D eigenvalue weighted by molar-refractivity contribution is 0.296. The van der Waals surface area contributed by atoms with Gasteiger partial charge in [0.15, 0.2) is 0 Å². The SMILES string of the molecule is N#Cc1ccc(Cn2cncc2COc2ccc(Br)cc2)cc1. The molecule has 3 rings (SSSR count). The molecule has 0 atom stereocenters. The number of rotatable bonds is 5. The second kappa shape index (κ2) is 7.12. The van der Waals surface area contributed by atoms with Gasteiger partial charge in [-0.15, -0.1) is 0 Å². The first kappa shape index (κ1) is 15.3. The number of benzene rings is 2. The van der Waals surface area contributed by atoms with E-state index in [9.17, 15) is 0 Å². The van der Waals surface area contributed by atoms with Gasteiger partial charge in [-0.05, 0) is 42.0 Å². The quantitative estimate of drug-likeness (QED) is 0.680. The van der Waals surface area contributed by atoms with Crippen molar-refractivity contribution >= 4 is 15.9 Å². The van der Waals surface area contributed by atoms with Gasteiger partial charge in [-0.1, -0.05) is 28.1 Å². The molecule has 4 nitrogen and oxygen atoms in total. The molecule has 0 aliphatic rings. The number of ether oxygens (including phenoxy) is 1. The van der Waals surface area contributed by atoms with Gasteiger partial charge in [0.05, 0.1) is 29.9 Å². The Hall–Kier alpha value is -2.58. The monoisotopic (exact) mass is 367 g/mol. The smallest absolute Gasteiger partial charge is 0.130 e. The molecule has 0 aliphatic heterocycles. The molecule has 0 N–H and O–H groups in total. The lowest BCUT2D eigenvalue weighted by Crippen LogP contribution is -2.06. The summed E-state index contributed by atoms with van der Waals surface area (Å²) >= 11 is 3.40. The maximum absolute atomic E-state index is 8.84. The summed E-state index contributed by atoms with van der Waals surface area (Å²) in [6.45, 7) is 1.16. The zero-order chi connectivity index (χ0) is 16.1. The van der Waals surface area contributed by atoms with Crippen LogP contribution in [0.25, 0.3) is 0 Å². The predicted molar refractivity (Wildman–Crippen MR) is 91.0 cm³/mol. The lowest BCUT2D eigenvalue weighted by Gasteiger charge is -2.10. The van der Waals surface area contributed by atoms with Crippen molar-refractivity contribution in [2.75, 3.05) is 0 Å². The summed E-state index contributed by atoms with van der Waals surface area (Å²) in [5, 5.41) is 8.84. The molecule has 0 radical (unpaired) electrons. The summed E-state index contributed by atoms with van der Waals surface area (Å²) in [5.41, 5.74) is 2.78. The van der Waals surface area contributed by atoms with E-state index in [2.05, 4.69) is 27.0 Å². The van der Waals surface area contributed by atoms with Crippen molar-refractivity contribution in [2.24, 2.45) is 0 Å². The van der Waals surface area contributed by atoms with E-state index in [1.807, 2.05) is 59.3 Å². The largest absolute Gasteiger partial charge is 0.487 e. The molecule has 1 heterocycles. The van der Waals surface area contributed by atoms with Crippen LogP contribution in [0.15, 0.2) is 65.5 Å². The van der Waals surface area contributed by atoms with E-state index < -0.39 is 0 Å². The first-order valence-electron chi connectivity index (χ1n) is 7.11. The van der Waals surface area contributed by atoms with Crippen LogP contribution in [0.5, 0.6) is 5.75 Å². The minimum absolute atomic E-state index is 0.456. The maximum atomic E-state index is 8.84. The molecule has 0 aliphatic carbocycles. The Morgan fingerprint density at radius 2 is 1.83 bits per heavy atom. The summed E-state index contributed by atoms with van der Waals surface area (Å²) in [7, 11) is 0. The summed E-state index contributed by atoms with van der Waals surface area (Å²) in [6, 6.07) is 17.4. The van der Waals surface area contributed by atoms with Crippen LogP contribution in [0.3, 0.4) is 0 Å². The summed E-state index contributed by atoms with van der Waals surface area (Å²) in [4.78, 5) is 4.20. The highest BCUT2D eigenvalue weighted by atomic mass is 79.9. The molecule has 0 saturated heterocycles. The molecule has 0 spiro atoms. The Balaban J connectivity index is 1.66. The molecule has 5 heteroatoms. The Bertz CT molecular complexity index is 817. The number of aromatic nitrogens is 2. The fourth-order valence-corrected chi connectivity index (χ4v) is 2.44. The Kier molecular flexibility index (Phi) is 4.74. The molecule has 0 saturated carbocycles. The Morgan fingerprint density at radius 3 is 2.52 bits per heavy atom. The van der Waals surface area contributed by atoms with E-state index >= 15 is 0 Å². The number of nitriles is 1. The van der Waals surface area contributed by atoms with Crippen LogP contribution < -0.4 is 4.74 Å². The van der Waals surface area contributed by atoms with Crippen molar-refractivity contribution in [3.63, 3.8) is 0 Å². The molecule has 1 aromatic heterocycles. The third-order valence-electron chi connectivity index (χ3n) is 3.43. The number of hydrogen-bond donors (Lipinski definition) is 0. The molecule has 0 fully saturated rings. The van der Waals surface area contributed by atoms with E-state index in [4.69, 9.17) is 10.00 Å². The van der Waals surface area contributed by atoms with Gasteiger partial charge in [0.2, 0.25) is 0 Å². The molecular weight excluding hydrogens is 354 g/mol. The fourth-order valence-electron chi connectivity index (χ4n) is 2.18. The number of nitrogens with zero attached hydrogens (tertiary/aromatic N) is 3.